The van der Waals surface area contributed by atoms with Crippen LogP contribution in [0.5, 0.6) is 0 Å². The molecule has 13 rings (SSSR count). The molecule has 12 aromatic rings. The van der Waals surface area contributed by atoms with Crippen molar-refractivity contribution >= 4 is 147 Å². The topological polar surface area (TPSA) is 293 Å². The fourth-order valence-corrected chi connectivity index (χ4v) is 12.0. The Kier molecular flexibility index (Phi) is 28.5. The molecule has 1 aliphatic carbocycles. The molecule has 0 unspecified atom stereocenters. The molecule has 0 spiro atoms. The van der Waals surface area contributed by atoms with Gasteiger partial charge in [0, 0.05) is 75.2 Å². The largest absolute Gasteiger partial charge is 0.462 e. The number of hydrogen-bond donors (Lipinski definition) is 3. The van der Waals surface area contributed by atoms with Crippen LogP contribution in [0.1, 0.15) is 118 Å². The summed E-state index contributed by atoms with van der Waals surface area (Å²) in [6, 6.07) is 52.9. The first-order valence-corrected chi connectivity index (χ1v) is 34.9. The fourth-order valence-electron chi connectivity index (χ4n) is 10.4. The van der Waals surface area contributed by atoms with Crippen LogP contribution in [0.15, 0.2) is 216 Å². The molecule has 1 aliphatic rings. The number of aromatic nitrogens is 6. The number of nitrogens with two attached hydrogens (primary N) is 1. The number of para-hydroxylation sites is 5. The number of nitrogen functional groups attached to an aromatic ring is 1. The summed E-state index contributed by atoms with van der Waals surface area (Å²) in [5, 5.41) is 3.61. The smallest absolute Gasteiger partial charge is 0.419 e. The van der Waals surface area contributed by atoms with Crippen LogP contribution in [0.3, 0.4) is 0 Å². The van der Waals surface area contributed by atoms with E-state index in [1.165, 1.54) is 17.0 Å². The molecule has 0 radical (unpaired) electrons. The number of hydrogen-bond acceptors (Lipinski definition) is 18. The summed E-state index contributed by atoms with van der Waals surface area (Å²) in [4.78, 5) is 116. The van der Waals surface area contributed by atoms with Crippen LogP contribution >= 0.6 is 50.7 Å². The molecular weight excluding hydrogens is 1470 g/mol. The van der Waals surface area contributed by atoms with Gasteiger partial charge in [0.2, 0.25) is 11.2 Å². The lowest BCUT2D eigenvalue weighted by Gasteiger charge is -2.21. The number of fused-ring (bicyclic) bond motifs is 5. The maximum atomic E-state index is 12.7. The molecular formula is C80H73BrCl3N7O14. The average molecular weight is 1540 g/mol. The number of allylic oxidation sites excluding steroid dienone is 1. The van der Waals surface area contributed by atoms with Crippen molar-refractivity contribution < 1.29 is 62.0 Å². The van der Waals surface area contributed by atoms with Crippen LogP contribution in [0, 0.1) is 0 Å². The molecule has 0 saturated heterocycles. The average Bonchev–Trinajstić information content (AvgIpc) is 1.59. The van der Waals surface area contributed by atoms with Crippen molar-refractivity contribution in [2.24, 2.45) is 0 Å². The van der Waals surface area contributed by atoms with Crippen LogP contribution in [-0.2, 0) is 39.6 Å². The highest BCUT2D eigenvalue weighted by Gasteiger charge is 2.33. The Balaban J connectivity index is 0.000000164. The molecule has 0 saturated carbocycles. The first-order chi connectivity index (χ1) is 50.5. The molecule has 6 aromatic carbocycles. The quantitative estimate of drug-likeness (QED) is 0.0337. The summed E-state index contributed by atoms with van der Waals surface area (Å²) in [5.41, 5.74) is 12.5. The van der Waals surface area contributed by atoms with Gasteiger partial charge < -0.3 is 44.1 Å². The number of ether oxygens (including phenoxy) is 6. The molecule has 0 aliphatic heterocycles. The van der Waals surface area contributed by atoms with E-state index in [2.05, 4.69) is 40.8 Å². The summed E-state index contributed by atoms with van der Waals surface area (Å²) in [6.07, 6.45) is 6.13. The number of carbonyl (C=O) groups is 7. The van der Waals surface area contributed by atoms with E-state index in [4.69, 9.17) is 69.0 Å². The molecule has 6 heterocycles. The molecule has 25 heteroatoms. The number of halogens is 4. The zero-order chi connectivity index (χ0) is 75.9. The predicted octanol–water partition coefficient (Wildman–Crippen LogP) is 18.0. The van der Waals surface area contributed by atoms with Crippen molar-refractivity contribution in [3.05, 3.63) is 275 Å². The minimum absolute atomic E-state index is 0.0422. The highest BCUT2D eigenvalue weighted by Crippen LogP contribution is 2.37. The number of anilines is 1. The summed E-state index contributed by atoms with van der Waals surface area (Å²) in [6.45, 7) is 15.3. The Morgan fingerprint density at radius 3 is 1.62 bits per heavy atom. The maximum absolute atomic E-state index is 12.7. The first kappa shape index (κ1) is 79.4. The summed E-state index contributed by atoms with van der Waals surface area (Å²) in [5.74, 6) is -2.91. The van der Waals surface area contributed by atoms with Crippen molar-refractivity contribution in [1.29, 1.82) is 0 Å². The van der Waals surface area contributed by atoms with Crippen LogP contribution in [0.2, 0.25) is 15.1 Å². The normalized spacial score (nSPS) is 11.3. The Hall–Kier alpha value is -11.3. The van der Waals surface area contributed by atoms with Gasteiger partial charge in [0.15, 0.2) is 0 Å². The van der Waals surface area contributed by atoms with Gasteiger partial charge in [-0.25, -0.2) is 38.7 Å². The number of ketones is 1. The maximum Gasteiger partial charge on any atom is 0.419 e. The second-order valence-corrected chi connectivity index (χ2v) is 25.1. The Morgan fingerprint density at radius 1 is 0.533 bits per heavy atom. The number of carbonyl (C=O) groups excluding carboxylic acids is 7. The Bertz CT molecular complexity index is 5230. The predicted molar refractivity (Wildman–Crippen MR) is 411 cm³/mol. The van der Waals surface area contributed by atoms with Crippen LogP contribution in [0.4, 0.5) is 10.5 Å². The Morgan fingerprint density at radius 2 is 1.04 bits per heavy atom. The van der Waals surface area contributed by atoms with Gasteiger partial charge in [-0.15, -0.1) is 0 Å². The second-order valence-electron chi connectivity index (χ2n) is 23.2. The molecule has 0 fully saturated rings. The minimum Gasteiger partial charge on any atom is -0.462 e. The molecule has 540 valence electrons. The molecule has 105 heavy (non-hydrogen) atoms. The molecule has 4 N–H and O–H groups in total. The standard InChI is InChI=1S/C21H21ClN2O4.C17H15NO3.C12H9BrClNO2.C12H10ClNO2.C12H11NO3.C6H7N/c1-5-27-19(25)16-17(22)13-9-6-7-10-14(13)23-18(16)15-11-8-12-24(15)20(26)28-21(2,3)4;1-2-21-17(20)15-13(14-8-5-9-18-14)10-11-6-3-4-7-12(11)16(15)19;1-2-17-12(16)9-10(14)7-5-3-4-6-8(7)15-11(9)13;1-2-16-12(15)9-7-14-10-6-4-3-5-8(10)11(9)13;1-2-16-12(15)9-7-13-10-6-4-3-5-8(10)11(9)14;7-6-4-2-1-3-5-6/h6-12H,5H2,1-4H3;3-9,18H,2,10H2,1H3;3-6H,2H2,1H3;3-7H,2H2,1H3;3-7H,2H2,1H3,(H,13,14);1-5H,7H2. The number of nitrogens with zero attached hydrogens (tertiary/aromatic N) is 4. The van der Waals surface area contributed by atoms with E-state index >= 15 is 0 Å². The fraction of sp³-hybridized carbons (Fsp3) is 0.188. The lowest BCUT2D eigenvalue weighted by atomic mass is 9.83. The molecule has 0 amide bonds. The van der Waals surface area contributed by atoms with Gasteiger partial charge >= 0.3 is 35.9 Å². The highest BCUT2D eigenvalue weighted by atomic mass is 79.9. The lowest BCUT2D eigenvalue weighted by molar-refractivity contribution is -0.138. The highest BCUT2D eigenvalue weighted by molar-refractivity contribution is 9.10. The van der Waals surface area contributed by atoms with Crippen LogP contribution < -0.4 is 11.2 Å². The lowest BCUT2D eigenvalue weighted by Crippen LogP contribution is -2.27. The van der Waals surface area contributed by atoms with Crippen LogP contribution in [0.25, 0.3) is 60.6 Å². The van der Waals surface area contributed by atoms with Gasteiger partial charge in [-0.3, -0.25) is 19.1 Å². The van der Waals surface area contributed by atoms with Gasteiger partial charge in [-0.05, 0) is 149 Å². The number of esters is 5. The van der Waals surface area contributed by atoms with Gasteiger partial charge in [0.05, 0.1) is 75.9 Å². The molecule has 0 atom stereocenters. The number of H-pyrrole nitrogens is 2. The van der Waals surface area contributed by atoms with E-state index < -0.39 is 41.5 Å². The number of benzene rings is 6. The molecule has 0 bridgehead atoms. The van der Waals surface area contributed by atoms with E-state index in [9.17, 15) is 38.4 Å². The second kappa shape index (κ2) is 37.7. The van der Waals surface area contributed by atoms with E-state index in [1.807, 2.05) is 121 Å². The van der Waals surface area contributed by atoms with Crippen molar-refractivity contribution in [2.45, 2.75) is 67.4 Å². The van der Waals surface area contributed by atoms with Gasteiger partial charge in [-0.1, -0.05) is 144 Å². The molecule has 21 nitrogen and oxygen atoms in total. The summed E-state index contributed by atoms with van der Waals surface area (Å²) >= 11 is 22.1. The third-order valence-corrected chi connectivity index (χ3v) is 16.8. The Labute approximate surface area is 627 Å². The van der Waals surface area contributed by atoms with Crippen molar-refractivity contribution in [3.63, 3.8) is 0 Å². The van der Waals surface area contributed by atoms with E-state index in [0.717, 1.165) is 38.8 Å². The van der Waals surface area contributed by atoms with E-state index in [-0.39, 0.29) is 64.0 Å². The SMILES string of the molecule is CCOC(=O)C1=C(c2ccc[nH]2)Cc2ccccc2C1=O.CCOC(=O)c1c(-c2cccn2C(=O)OC(C)(C)C)nc2ccccc2c1Cl.CCOC(=O)c1c(Br)nc2ccccc2c1Cl.CCOC(=O)c1c[nH]c2ccccc2c1=O.CCOC(=O)c1cnc2ccccc2c1Cl.Nc1ccccc1. The molecule has 6 aromatic heterocycles. The third kappa shape index (κ3) is 20.1. The van der Waals surface area contributed by atoms with Crippen molar-refractivity contribution in [3.8, 4) is 11.4 Å². The van der Waals surface area contributed by atoms with Crippen LogP contribution in [-0.4, -0.2) is 110 Å². The van der Waals surface area contributed by atoms with Crippen molar-refractivity contribution in [1.82, 2.24) is 29.5 Å². The first-order valence-electron chi connectivity index (χ1n) is 33.0. The number of rotatable bonds is 12. The van der Waals surface area contributed by atoms with Gasteiger partial charge in [-0.2, -0.15) is 0 Å². The number of nitrogens with one attached hydrogen (secondary N) is 2. The van der Waals surface area contributed by atoms with E-state index in [1.54, 1.807) is 122 Å². The minimum atomic E-state index is -0.670. The third-order valence-electron chi connectivity index (χ3n) is 15.0. The van der Waals surface area contributed by atoms with E-state index in [0.29, 0.717) is 78.5 Å². The zero-order valence-electron chi connectivity index (χ0n) is 58.4. The summed E-state index contributed by atoms with van der Waals surface area (Å²) < 4.78 is 32.1. The van der Waals surface area contributed by atoms with Gasteiger partial charge in [0.1, 0.15) is 38.2 Å². The van der Waals surface area contributed by atoms with Crippen molar-refractivity contribution in [2.75, 3.05) is 38.8 Å². The number of aromatic amines is 2. The summed E-state index contributed by atoms with van der Waals surface area (Å²) in [7, 11) is 0. The number of Topliss-reactive ketones (excluding diaryl/α,β-unsaturated/α-hetero) is 1. The number of pyridine rings is 4. The zero-order valence-corrected chi connectivity index (χ0v) is 62.2. The van der Waals surface area contributed by atoms with Gasteiger partial charge in [0.25, 0.3) is 0 Å². The monoisotopic (exact) mass is 1540 g/mol.